The second kappa shape index (κ2) is 6.97. The van der Waals surface area contributed by atoms with Crippen molar-refractivity contribution < 1.29 is 0 Å². The van der Waals surface area contributed by atoms with E-state index in [0.29, 0.717) is 6.04 Å². The van der Waals surface area contributed by atoms with Crippen LogP contribution in [0.3, 0.4) is 0 Å². The summed E-state index contributed by atoms with van der Waals surface area (Å²) in [6.07, 6.45) is 4.06. The van der Waals surface area contributed by atoms with E-state index in [-0.39, 0.29) is 0 Å². The summed E-state index contributed by atoms with van der Waals surface area (Å²) in [5.41, 5.74) is 1.29. The molecule has 3 nitrogen and oxygen atoms in total. The van der Waals surface area contributed by atoms with Gasteiger partial charge in [0.2, 0.25) is 0 Å². The van der Waals surface area contributed by atoms with Gasteiger partial charge < -0.3 is 5.32 Å². The van der Waals surface area contributed by atoms with E-state index in [4.69, 9.17) is 0 Å². The van der Waals surface area contributed by atoms with Gasteiger partial charge in [-0.1, -0.05) is 20.8 Å². The zero-order valence-electron chi connectivity index (χ0n) is 10.7. The number of rotatable bonds is 7. The van der Waals surface area contributed by atoms with Crippen molar-refractivity contribution in [3.63, 3.8) is 0 Å². The molecule has 0 aliphatic heterocycles. The van der Waals surface area contributed by atoms with E-state index < -0.39 is 0 Å². The highest BCUT2D eigenvalue weighted by Crippen LogP contribution is 2.19. The molecule has 0 aliphatic carbocycles. The van der Waals surface area contributed by atoms with Crippen molar-refractivity contribution in [2.45, 2.75) is 26.8 Å². The van der Waals surface area contributed by atoms with Gasteiger partial charge in [0.1, 0.15) is 0 Å². The summed E-state index contributed by atoms with van der Waals surface area (Å²) in [4.78, 5) is 0. The SMILES string of the molecule is CCNC(CSCC(C)C)c1cnn(C)c1. The van der Waals surface area contributed by atoms with Crippen molar-refractivity contribution >= 4 is 11.8 Å². The van der Waals surface area contributed by atoms with E-state index in [1.54, 1.807) is 0 Å². The zero-order valence-corrected chi connectivity index (χ0v) is 11.5. The highest BCUT2D eigenvalue weighted by atomic mass is 32.2. The third-order valence-electron chi connectivity index (χ3n) is 2.31. The molecule has 0 saturated carbocycles. The molecule has 0 aliphatic rings. The maximum atomic E-state index is 4.23. The Bertz CT molecular complexity index is 296. The van der Waals surface area contributed by atoms with Crippen LogP contribution in [-0.4, -0.2) is 27.8 Å². The Morgan fingerprint density at radius 2 is 2.19 bits per heavy atom. The predicted octanol–water partition coefficient (Wildman–Crippen LogP) is 2.46. The summed E-state index contributed by atoms with van der Waals surface area (Å²) in [7, 11) is 1.97. The molecular formula is C12H23N3S. The molecule has 0 amide bonds. The fourth-order valence-corrected chi connectivity index (χ4v) is 2.71. The summed E-state index contributed by atoms with van der Waals surface area (Å²) in [5, 5.41) is 7.74. The Kier molecular flexibility index (Phi) is 5.91. The number of thioether (sulfide) groups is 1. The first-order valence-electron chi connectivity index (χ1n) is 5.93. The Labute approximate surface area is 103 Å². The molecule has 92 valence electrons. The van der Waals surface area contributed by atoms with Gasteiger partial charge in [-0.25, -0.2) is 0 Å². The molecule has 1 atom stereocenters. The molecule has 0 fully saturated rings. The minimum Gasteiger partial charge on any atom is -0.309 e. The standard InChI is InChI=1S/C12H23N3S/c1-5-13-12(9-16-8-10(2)3)11-6-14-15(4)7-11/h6-7,10,12-13H,5,8-9H2,1-4H3. The van der Waals surface area contributed by atoms with Crippen LogP contribution in [0.5, 0.6) is 0 Å². The fraction of sp³-hybridized carbons (Fsp3) is 0.750. The predicted molar refractivity (Wildman–Crippen MR) is 71.8 cm³/mol. The lowest BCUT2D eigenvalue weighted by Gasteiger charge is -2.16. The highest BCUT2D eigenvalue weighted by Gasteiger charge is 2.12. The number of aromatic nitrogens is 2. The van der Waals surface area contributed by atoms with E-state index in [9.17, 15) is 0 Å². The van der Waals surface area contributed by atoms with Crippen LogP contribution in [0, 0.1) is 5.92 Å². The van der Waals surface area contributed by atoms with Gasteiger partial charge in [0.15, 0.2) is 0 Å². The molecule has 1 unspecified atom stereocenters. The maximum absolute atomic E-state index is 4.23. The molecule has 1 aromatic heterocycles. The molecule has 0 aromatic carbocycles. The third kappa shape index (κ3) is 4.58. The topological polar surface area (TPSA) is 29.9 Å². The summed E-state index contributed by atoms with van der Waals surface area (Å²) in [6.45, 7) is 7.68. The molecule has 1 heterocycles. The molecule has 0 radical (unpaired) electrons. The van der Waals surface area contributed by atoms with Gasteiger partial charge in [-0.15, -0.1) is 0 Å². The first kappa shape index (κ1) is 13.6. The average Bonchev–Trinajstić information content (AvgIpc) is 2.63. The second-order valence-electron chi connectivity index (χ2n) is 4.49. The van der Waals surface area contributed by atoms with E-state index in [1.165, 1.54) is 11.3 Å². The lowest BCUT2D eigenvalue weighted by molar-refractivity contribution is 0.604. The third-order valence-corrected chi connectivity index (χ3v) is 3.78. The molecule has 1 aromatic rings. The summed E-state index contributed by atoms with van der Waals surface area (Å²) in [6, 6.07) is 0.433. The minimum absolute atomic E-state index is 0.433. The Hall–Kier alpha value is -0.480. The molecule has 0 saturated heterocycles. The van der Waals surface area contributed by atoms with Crippen molar-refractivity contribution in [1.82, 2.24) is 15.1 Å². The molecule has 16 heavy (non-hydrogen) atoms. The zero-order chi connectivity index (χ0) is 12.0. The summed E-state index contributed by atoms with van der Waals surface area (Å²) in [5.74, 6) is 3.11. The number of aryl methyl sites for hydroxylation is 1. The van der Waals surface area contributed by atoms with Crippen molar-refractivity contribution in [3.05, 3.63) is 18.0 Å². The van der Waals surface area contributed by atoms with Gasteiger partial charge in [-0.2, -0.15) is 16.9 Å². The van der Waals surface area contributed by atoms with Crippen LogP contribution in [0.25, 0.3) is 0 Å². The number of nitrogens with zero attached hydrogens (tertiary/aromatic N) is 2. The minimum atomic E-state index is 0.433. The molecule has 4 heteroatoms. The molecular weight excluding hydrogens is 218 g/mol. The van der Waals surface area contributed by atoms with Crippen LogP contribution in [0.15, 0.2) is 12.4 Å². The largest absolute Gasteiger partial charge is 0.309 e. The van der Waals surface area contributed by atoms with Crippen LogP contribution in [0.2, 0.25) is 0 Å². The monoisotopic (exact) mass is 241 g/mol. The van der Waals surface area contributed by atoms with E-state index >= 15 is 0 Å². The highest BCUT2D eigenvalue weighted by molar-refractivity contribution is 7.99. The number of hydrogen-bond donors (Lipinski definition) is 1. The maximum Gasteiger partial charge on any atom is 0.0537 e. The van der Waals surface area contributed by atoms with Crippen LogP contribution < -0.4 is 5.32 Å². The molecule has 0 bridgehead atoms. The molecule has 1 N–H and O–H groups in total. The average molecular weight is 241 g/mol. The lowest BCUT2D eigenvalue weighted by Crippen LogP contribution is -2.23. The van der Waals surface area contributed by atoms with E-state index in [0.717, 1.165) is 18.2 Å². The number of nitrogens with one attached hydrogen (secondary N) is 1. The van der Waals surface area contributed by atoms with Gasteiger partial charge >= 0.3 is 0 Å². The van der Waals surface area contributed by atoms with Crippen molar-refractivity contribution in [1.29, 1.82) is 0 Å². The van der Waals surface area contributed by atoms with E-state index in [2.05, 4.69) is 37.4 Å². The van der Waals surface area contributed by atoms with Gasteiger partial charge in [-0.05, 0) is 18.2 Å². The Balaban J connectivity index is 2.47. The molecule has 0 spiro atoms. The van der Waals surface area contributed by atoms with E-state index in [1.807, 2.05) is 29.7 Å². The number of hydrogen-bond acceptors (Lipinski definition) is 3. The smallest absolute Gasteiger partial charge is 0.0537 e. The van der Waals surface area contributed by atoms with Crippen LogP contribution >= 0.6 is 11.8 Å². The second-order valence-corrected chi connectivity index (χ2v) is 5.56. The van der Waals surface area contributed by atoms with Crippen molar-refractivity contribution in [3.8, 4) is 0 Å². The fourth-order valence-electron chi connectivity index (χ4n) is 1.56. The van der Waals surface area contributed by atoms with Crippen molar-refractivity contribution in [2.24, 2.45) is 13.0 Å². The Morgan fingerprint density at radius 1 is 1.44 bits per heavy atom. The van der Waals surface area contributed by atoms with Gasteiger partial charge in [-0.3, -0.25) is 4.68 Å². The van der Waals surface area contributed by atoms with Crippen molar-refractivity contribution in [2.75, 3.05) is 18.1 Å². The Morgan fingerprint density at radius 3 is 2.69 bits per heavy atom. The van der Waals surface area contributed by atoms with Gasteiger partial charge in [0.25, 0.3) is 0 Å². The van der Waals surface area contributed by atoms with Crippen LogP contribution in [0.1, 0.15) is 32.4 Å². The van der Waals surface area contributed by atoms with Gasteiger partial charge in [0, 0.05) is 30.6 Å². The van der Waals surface area contributed by atoms with Crippen LogP contribution in [-0.2, 0) is 7.05 Å². The lowest BCUT2D eigenvalue weighted by atomic mass is 10.2. The normalized spacial score (nSPS) is 13.3. The van der Waals surface area contributed by atoms with Crippen LogP contribution in [0.4, 0.5) is 0 Å². The summed E-state index contributed by atoms with van der Waals surface area (Å²) < 4.78 is 1.87. The first-order valence-corrected chi connectivity index (χ1v) is 7.08. The first-order chi connectivity index (χ1) is 7.63. The molecule has 1 rings (SSSR count). The van der Waals surface area contributed by atoms with Gasteiger partial charge in [0.05, 0.1) is 6.20 Å². The summed E-state index contributed by atoms with van der Waals surface area (Å²) >= 11 is 2.01. The quantitative estimate of drug-likeness (QED) is 0.795.